The fourth-order valence-electron chi connectivity index (χ4n) is 5.95. The van der Waals surface area contributed by atoms with Crippen molar-refractivity contribution in [1.29, 1.82) is 0 Å². The quantitative estimate of drug-likeness (QED) is 0.302. The summed E-state index contributed by atoms with van der Waals surface area (Å²) in [6.07, 6.45) is -2.29. The highest BCUT2D eigenvalue weighted by molar-refractivity contribution is 5.94. The first-order chi connectivity index (χ1) is 21.2. The Morgan fingerprint density at radius 2 is 1.78 bits per heavy atom. The number of aromatic nitrogens is 2. The minimum atomic E-state index is -4.59. The van der Waals surface area contributed by atoms with E-state index in [4.69, 9.17) is 4.74 Å². The Kier molecular flexibility index (Phi) is 8.99. The zero-order valence-corrected chi connectivity index (χ0v) is 25.8. The molecule has 1 N–H and O–H groups in total. The lowest BCUT2D eigenvalue weighted by Crippen LogP contribution is -2.54. The topological polar surface area (TPSA) is 82.9 Å². The van der Waals surface area contributed by atoms with Crippen LogP contribution in [0.2, 0.25) is 0 Å². The number of alkyl halides is 3. The van der Waals surface area contributed by atoms with Crippen LogP contribution in [0.1, 0.15) is 55.9 Å². The standard InChI is InChI=1S/C32H38F4N6O3/c1-21-8-7-11-26(33)27(21)39-15-12-24(13-16-39)41-20-23-18-40(17-14-37-29(43)45-31(2,3)4)38-28(23)42(30(41)44)19-22-9-5-6-10-25(22)32(34,35)36/h5-11,18,24H,12-17,19-20H2,1-4H3,(H,37,43). The number of piperidine rings is 1. The molecule has 0 bridgehead atoms. The van der Waals surface area contributed by atoms with Gasteiger partial charge in [0.15, 0.2) is 5.82 Å². The first kappa shape index (κ1) is 32.1. The summed E-state index contributed by atoms with van der Waals surface area (Å²) in [4.78, 5) is 31.1. The van der Waals surface area contributed by atoms with Gasteiger partial charge in [0, 0.05) is 37.4 Å². The smallest absolute Gasteiger partial charge is 0.416 e. The van der Waals surface area contributed by atoms with Crippen molar-refractivity contribution >= 4 is 23.6 Å². The molecule has 2 aromatic carbocycles. The van der Waals surface area contributed by atoms with Crippen molar-refractivity contribution in [2.75, 3.05) is 29.4 Å². The van der Waals surface area contributed by atoms with E-state index in [9.17, 15) is 27.2 Å². The van der Waals surface area contributed by atoms with Crippen molar-refractivity contribution in [1.82, 2.24) is 20.0 Å². The Morgan fingerprint density at radius 3 is 2.44 bits per heavy atom. The summed E-state index contributed by atoms with van der Waals surface area (Å²) in [5.41, 5.74) is 0.549. The molecule has 13 heteroatoms. The largest absolute Gasteiger partial charge is 0.444 e. The van der Waals surface area contributed by atoms with Gasteiger partial charge < -0.3 is 19.9 Å². The van der Waals surface area contributed by atoms with E-state index in [1.165, 1.54) is 29.2 Å². The number of carbonyl (C=O) groups excluding carboxylic acids is 2. The van der Waals surface area contributed by atoms with Crippen molar-refractivity contribution in [3.63, 3.8) is 0 Å². The summed E-state index contributed by atoms with van der Waals surface area (Å²) in [6.45, 7) is 8.54. The number of para-hydroxylation sites is 1. The molecule has 0 spiro atoms. The number of hydrogen-bond donors (Lipinski definition) is 1. The zero-order valence-electron chi connectivity index (χ0n) is 25.8. The fourth-order valence-corrected chi connectivity index (χ4v) is 5.95. The van der Waals surface area contributed by atoms with Gasteiger partial charge >= 0.3 is 18.3 Å². The molecule has 2 aliphatic rings. The number of benzene rings is 2. The molecule has 0 atom stereocenters. The van der Waals surface area contributed by atoms with Crippen LogP contribution >= 0.6 is 0 Å². The monoisotopic (exact) mass is 630 g/mol. The number of aryl methyl sites for hydroxylation is 1. The van der Waals surface area contributed by atoms with Crippen molar-refractivity contribution < 1.29 is 31.9 Å². The van der Waals surface area contributed by atoms with Gasteiger partial charge in [0.05, 0.1) is 30.9 Å². The van der Waals surface area contributed by atoms with Crippen molar-refractivity contribution in [2.45, 2.75) is 78.0 Å². The highest BCUT2D eigenvalue weighted by Gasteiger charge is 2.40. The van der Waals surface area contributed by atoms with E-state index in [0.29, 0.717) is 37.2 Å². The summed E-state index contributed by atoms with van der Waals surface area (Å²) in [5.74, 6) is -0.0138. The third kappa shape index (κ3) is 7.34. The maximum Gasteiger partial charge on any atom is 0.416 e. The van der Waals surface area contributed by atoms with E-state index >= 15 is 0 Å². The number of halogens is 4. The molecule has 0 saturated carbocycles. The zero-order chi connectivity index (χ0) is 32.5. The van der Waals surface area contributed by atoms with E-state index in [1.807, 2.05) is 17.9 Å². The van der Waals surface area contributed by atoms with Crippen molar-refractivity contribution in [3.8, 4) is 0 Å². The van der Waals surface area contributed by atoms with Gasteiger partial charge in [-0.3, -0.25) is 9.58 Å². The number of amides is 3. The van der Waals surface area contributed by atoms with Gasteiger partial charge in [-0.1, -0.05) is 30.3 Å². The number of nitrogens with zero attached hydrogens (tertiary/aromatic N) is 5. The molecule has 3 aromatic rings. The second-order valence-corrected chi connectivity index (χ2v) is 12.4. The first-order valence-corrected chi connectivity index (χ1v) is 15.0. The van der Waals surface area contributed by atoms with E-state index in [2.05, 4.69) is 10.4 Å². The molecule has 242 valence electrons. The number of anilines is 2. The molecular formula is C32H38F4N6O3. The van der Waals surface area contributed by atoms with Gasteiger partial charge in [-0.2, -0.15) is 18.3 Å². The molecule has 5 rings (SSSR count). The van der Waals surface area contributed by atoms with E-state index < -0.39 is 29.5 Å². The summed E-state index contributed by atoms with van der Waals surface area (Å²) >= 11 is 0. The number of ether oxygens (including phenoxy) is 1. The van der Waals surface area contributed by atoms with Crippen LogP contribution in [0.5, 0.6) is 0 Å². The number of urea groups is 1. The third-order valence-corrected chi connectivity index (χ3v) is 7.96. The third-order valence-electron chi connectivity index (χ3n) is 7.96. The minimum Gasteiger partial charge on any atom is -0.444 e. The predicted octanol–water partition coefficient (Wildman–Crippen LogP) is 6.49. The van der Waals surface area contributed by atoms with Crippen LogP contribution < -0.4 is 15.1 Å². The number of fused-ring (bicyclic) bond motifs is 1. The average molecular weight is 631 g/mol. The molecular weight excluding hydrogens is 592 g/mol. The lowest BCUT2D eigenvalue weighted by atomic mass is 10.00. The average Bonchev–Trinajstić information content (AvgIpc) is 3.36. The Labute approximate surface area is 259 Å². The van der Waals surface area contributed by atoms with Gasteiger partial charge in [-0.05, 0) is 63.8 Å². The van der Waals surface area contributed by atoms with Crippen molar-refractivity contribution in [3.05, 3.63) is 76.7 Å². The molecule has 0 aliphatic carbocycles. The van der Waals surface area contributed by atoms with Crippen LogP contribution in [0.15, 0.2) is 48.7 Å². The molecule has 3 amide bonds. The maximum atomic E-state index is 14.7. The fraction of sp³-hybridized carbons (Fsp3) is 0.469. The lowest BCUT2D eigenvalue weighted by Gasteiger charge is -2.43. The van der Waals surface area contributed by atoms with Gasteiger partial charge in [-0.15, -0.1) is 0 Å². The molecule has 2 aliphatic heterocycles. The SMILES string of the molecule is Cc1cccc(F)c1N1CCC(N2Cc3cn(CCNC(=O)OC(C)(C)C)nc3N(Cc3ccccc3C(F)(F)F)C2=O)CC1. The molecule has 0 unspecified atom stereocenters. The normalized spacial score (nSPS) is 16.2. The molecule has 1 saturated heterocycles. The van der Waals surface area contributed by atoms with Gasteiger partial charge in [0.1, 0.15) is 11.4 Å². The van der Waals surface area contributed by atoms with Crippen LogP contribution in [-0.4, -0.2) is 58.1 Å². The Hall–Kier alpha value is -4.29. The predicted molar refractivity (Wildman–Crippen MR) is 161 cm³/mol. The number of alkyl carbamates (subject to hydrolysis) is 1. The summed E-state index contributed by atoms with van der Waals surface area (Å²) in [6, 6.07) is 9.53. The van der Waals surface area contributed by atoms with E-state index in [0.717, 1.165) is 11.6 Å². The van der Waals surface area contributed by atoms with Gasteiger partial charge in [0.2, 0.25) is 0 Å². The van der Waals surface area contributed by atoms with Crippen molar-refractivity contribution in [2.24, 2.45) is 0 Å². The van der Waals surface area contributed by atoms with Crippen LogP contribution in [0.3, 0.4) is 0 Å². The van der Waals surface area contributed by atoms with Gasteiger partial charge in [0.25, 0.3) is 0 Å². The second-order valence-electron chi connectivity index (χ2n) is 12.4. The maximum absolute atomic E-state index is 14.7. The van der Waals surface area contributed by atoms with Crippen LogP contribution in [0, 0.1) is 12.7 Å². The highest BCUT2D eigenvalue weighted by atomic mass is 19.4. The Morgan fingerprint density at radius 1 is 1.07 bits per heavy atom. The highest BCUT2D eigenvalue weighted by Crippen LogP contribution is 2.37. The van der Waals surface area contributed by atoms with Crippen LogP contribution in [0.4, 0.5) is 38.7 Å². The number of rotatable bonds is 7. The van der Waals surface area contributed by atoms with E-state index in [1.54, 1.807) is 42.6 Å². The first-order valence-electron chi connectivity index (χ1n) is 15.0. The molecule has 0 radical (unpaired) electrons. The molecule has 1 aromatic heterocycles. The Balaban J connectivity index is 1.37. The number of hydrogen-bond acceptors (Lipinski definition) is 5. The summed E-state index contributed by atoms with van der Waals surface area (Å²) in [7, 11) is 0. The van der Waals surface area contributed by atoms with Crippen LogP contribution in [0.25, 0.3) is 0 Å². The van der Waals surface area contributed by atoms with E-state index in [-0.39, 0.29) is 49.4 Å². The molecule has 1 fully saturated rings. The minimum absolute atomic E-state index is 0.0443. The molecule has 9 nitrogen and oxygen atoms in total. The summed E-state index contributed by atoms with van der Waals surface area (Å²) in [5, 5.41) is 7.23. The second kappa shape index (κ2) is 12.6. The molecule has 3 heterocycles. The number of nitrogens with one attached hydrogen (secondary N) is 1. The Bertz CT molecular complexity index is 1520. The number of carbonyl (C=O) groups is 2. The lowest BCUT2D eigenvalue weighted by molar-refractivity contribution is -0.138. The van der Waals surface area contributed by atoms with Crippen LogP contribution in [-0.2, 0) is 30.5 Å². The molecule has 45 heavy (non-hydrogen) atoms. The summed E-state index contributed by atoms with van der Waals surface area (Å²) < 4.78 is 63.2. The van der Waals surface area contributed by atoms with Gasteiger partial charge in [-0.25, -0.2) is 14.0 Å².